The lowest BCUT2D eigenvalue weighted by Gasteiger charge is -2.35. The van der Waals surface area contributed by atoms with Gasteiger partial charge in [-0.3, -0.25) is 9.58 Å². The van der Waals surface area contributed by atoms with E-state index in [0.29, 0.717) is 10.8 Å². The van der Waals surface area contributed by atoms with Crippen molar-refractivity contribution < 1.29 is 0 Å². The first-order chi connectivity index (χ1) is 11.7. The van der Waals surface area contributed by atoms with Crippen LogP contribution in [0.2, 0.25) is 5.02 Å². The zero-order chi connectivity index (χ0) is 16.5. The largest absolute Gasteiger partial charge is 0.354 e. The molecule has 4 rings (SSSR count). The van der Waals surface area contributed by atoms with Crippen LogP contribution in [0.4, 0.5) is 5.82 Å². The van der Waals surface area contributed by atoms with Gasteiger partial charge in [0.25, 0.3) is 5.78 Å². The lowest BCUT2D eigenvalue weighted by molar-refractivity contribution is 0.243. The number of rotatable bonds is 4. The fraction of sp³-hybridized carbons (Fsp3) is 0.467. The van der Waals surface area contributed by atoms with Crippen LogP contribution in [-0.4, -0.2) is 67.0 Å². The molecule has 1 fully saturated rings. The van der Waals surface area contributed by atoms with Gasteiger partial charge in [-0.25, -0.2) is 4.98 Å². The molecule has 3 aromatic rings. The minimum absolute atomic E-state index is 0.656. The highest BCUT2D eigenvalue weighted by Crippen LogP contribution is 2.17. The molecule has 0 atom stereocenters. The number of hydrogen-bond acceptors (Lipinski definition) is 6. The number of nitrogens with zero attached hydrogens (tertiary/aromatic N) is 8. The Balaban J connectivity index is 1.39. The van der Waals surface area contributed by atoms with Crippen molar-refractivity contribution in [3.05, 3.63) is 35.5 Å². The van der Waals surface area contributed by atoms with E-state index < -0.39 is 0 Å². The molecular weight excluding hydrogens is 328 g/mol. The summed E-state index contributed by atoms with van der Waals surface area (Å²) in [6, 6.07) is 2.07. The van der Waals surface area contributed by atoms with Gasteiger partial charge in [0.05, 0.1) is 17.8 Å². The van der Waals surface area contributed by atoms with Crippen molar-refractivity contribution >= 4 is 23.2 Å². The van der Waals surface area contributed by atoms with E-state index in [0.717, 1.165) is 50.8 Å². The second-order valence-corrected chi connectivity index (χ2v) is 6.41. The molecule has 3 aromatic heterocycles. The van der Waals surface area contributed by atoms with E-state index in [9.17, 15) is 0 Å². The third-order valence-corrected chi connectivity index (χ3v) is 4.50. The maximum absolute atomic E-state index is 5.90. The molecule has 0 aromatic carbocycles. The molecule has 0 spiro atoms. The first-order valence-corrected chi connectivity index (χ1v) is 8.39. The van der Waals surface area contributed by atoms with Crippen LogP contribution in [0.25, 0.3) is 5.78 Å². The first-order valence-electron chi connectivity index (χ1n) is 8.02. The summed E-state index contributed by atoms with van der Waals surface area (Å²) in [6.45, 7) is 7.74. The predicted octanol–water partition coefficient (Wildman–Crippen LogP) is 1.10. The van der Waals surface area contributed by atoms with Crippen LogP contribution >= 0.6 is 11.6 Å². The average Bonchev–Trinajstić information content (AvgIpc) is 3.21. The van der Waals surface area contributed by atoms with Crippen molar-refractivity contribution in [1.29, 1.82) is 0 Å². The van der Waals surface area contributed by atoms with Crippen molar-refractivity contribution in [3.63, 3.8) is 0 Å². The van der Waals surface area contributed by atoms with Crippen LogP contribution in [0.15, 0.2) is 24.8 Å². The van der Waals surface area contributed by atoms with Gasteiger partial charge in [-0.2, -0.15) is 19.7 Å². The van der Waals surface area contributed by atoms with E-state index in [1.54, 1.807) is 12.5 Å². The monoisotopic (exact) mass is 346 g/mol. The molecule has 24 heavy (non-hydrogen) atoms. The first kappa shape index (κ1) is 15.3. The molecule has 1 aliphatic heterocycles. The number of aryl methyl sites for hydroxylation is 1. The zero-order valence-corrected chi connectivity index (χ0v) is 14.3. The Morgan fingerprint density at radius 2 is 1.96 bits per heavy atom. The lowest BCUT2D eigenvalue weighted by atomic mass is 10.3. The molecule has 4 heterocycles. The van der Waals surface area contributed by atoms with Crippen LogP contribution in [0.1, 0.15) is 5.69 Å². The third-order valence-electron chi connectivity index (χ3n) is 4.30. The van der Waals surface area contributed by atoms with E-state index in [2.05, 4.69) is 36.0 Å². The smallest absolute Gasteiger partial charge is 0.254 e. The number of piperazine rings is 1. The van der Waals surface area contributed by atoms with Gasteiger partial charge in [0.15, 0.2) is 0 Å². The van der Waals surface area contributed by atoms with Gasteiger partial charge in [-0.15, -0.1) is 0 Å². The Morgan fingerprint density at radius 3 is 2.71 bits per heavy atom. The molecule has 9 heteroatoms. The second-order valence-electron chi connectivity index (χ2n) is 5.98. The Kier molecular flexibility index (Phi) is 4.07. The molecule has 0 amide bonds. The van der Waals surface area contributed by atoms with Crippen LogP contribution < -0.4 is 4.90 Å². The predicted molar refractivity (Wildman–Crippen MR) is 91.4 cm³/mol. The SMILES string of the molecule is Cc1cc(N2CCN(CCn3cc(Cl)cn3)CC2)n2ncnc2n1. The Hall–Kier alpha value is -2.19. The normalized spacial score (nSPS) is 16.2. The highest BCUT2D eigenvalue weighted by molar-refractivity contribution is 6.30. The van der Waals surface area contributed by atoms with E-state index in [-0.39, 0.29) is 0 Å². The highest BCUT2D eigenvalue weighted by atomic mass is 35.5. The molecular formula is C15H19ClN8. The quantitative estimate of drug-likeness (QED) is 0.705. The third kappa shape index (κ3) is 3.07. The van der Waals surface area contributed by atoms with Crippen LogP contribution in [-0.2, 0) is 6.54 Å². The summed E-state index contributed by atoms with van der Waals surface area (Å²) in [7, 11) is 0. The van der Waals surface area contributed by atoms with Gasteiger partial charge in [0.2, 0.25) is 0 Å². The van der Waals surface area contributed by atoms with Crippen molar-refractivity contribution in [2.75, 3.05) is 37.6 Å². The highest BCUT2D eigenvalue weighted by Gasteiger charge is 2.20. The molecule has 126 valence electrons. The van der Waals surface area contributed by atoms with E-state index >= 15 is 0 Å². The van der Waals surface area contributed by atoms with Crippen LogP contribution in [0.5, 0.6) is 0 Å². The summed E-state index contributed by atoms with van der Waals surface area (Å²) in [4.78, 5) is 13.4. The number of anilines is 1. The standard InChI is InChI=1S/C15H19ClN8/c1-12-8-14(24-15(20-12)17-11-19-24)22-5-2-21(3-6-22)4-7-23-10-13(16)9-18-23/h8-11H,2-7H2,1H3. The Bertz CT molecular complexity index is 833. The summed E-state index contributed by atoms with van der Waals surface area (Å²) in [6.07, 6.45) is 5.09. The van der Waals surface area contributed by atoms with Gasteiger partial charge in [-0.1, -0.05) is 11.6 Å². The molecule has 1 saturated heterocycles. The summed E-state index contributed by atoms with van der Waals surface area (Å²) in [5.41, 5.74) is 0.962. The second kappa shape index (κ2) is 6.37. The fourth-order valence-corrected chi connectivity index (χ4v) is 3.20. The Labute approximate surface area is 144 Å². The summed E-state index contributed by atoms with van der Waals surface area (Å²) in [5.74, 6) is 1.72. The number of halogens is 1. The number of aromatic nitrogens is 6. The molecule has 0 bridgehead atoms. The lowest BCUT2D eigenvalue weighted by Crippen LogP contribution is -2.47. The van der Waals surface area contributed by atoms with Crippen molar-refractivity contribution in [2.24, 2.45) is 0 Å². The van der Waals surface area contributed by atoms with E-state index in [4.69, 9.17) is 11.6 Å². The fourth-order valence-electron chi connectivity index (χ4n) is 3.04. The zero-order valence-electron chi connectivity index (χ0n) is 13.5. The minimum Gasteiger partial charge on any atom is -0.354 e. The molecule has 1 aliphatic rings. The molecule has 0 radical (unpaired) electrons. The van der Waals surface area contributed by atoms with Gasteiger partial charge >= 0.3 is 0 Å². The van der Waals surface area contributed by atoms with E-state index in [1.165, 1.54) is 0 Å². The summed E-state index contributed by atoms with van der Waals surface area (Å²) in [5, 5.41) is 9.20. The maximum Gasteiger partial charge on any atom is 0.254 e. The maximum atomic E-state index is 5.90. The van der Waals surface area contributed by atoms with Gasteiger partial charge in [0.1, 0.15) is 12.1 Å². The molecule has 0 N–H and O–H groups in total. The van der Waals surface area contributed by atoms with Crippen molar-refractivity contribution in [3.8, 4) is 0 Å². The van der Waals surface area contributed by atoms with Gasteiger partial charge < -0.3 is 4.90 Å². The van der Waals surface area contributed by atoms with Crippen LogP contribution in [0, 0.1) is 6.92 Å². The van der Waals surface area contributed by atoms with Gasteiger partial charge in [0, 0.05) is 50.7 Å². The van der Waals surface area contributed by atoms with Crippen LogP contribution in [0.3, 0.4) is 0 Å². The summed E-state index contributed by atoms with van der Waals surface area (Å²) >= 11 is 5.90. The minimum atomic E-state index is 0.656. The van der Waals surface area contributed by atoms with Crippen molar-refractivity contribution in [1.82, 2.24) is 34.3 Å². The molecule has 0 unspecified atom stereocenters. The topological polar surface area (TPSA) is 67.4 Å². The van der Waals surface area contributed by atoms with Crippen molar-refractivity contribution in [2.45, 2.75) is 13.5 Å². The molecule has 8 nitrogen and oxygen atoms in total. The molecule has 0 aliphatic carbocycles. The number of fused-ring (bicyclic) bond motifs is 1. The summed E-state index contributed by atoms with van der Waals surface area (Å²) < 4.78 is 3.70. The Morgan fingerprint density at radius 1 is 1.12 bits per heavy atom. The van der Waals surface area contributed by atoms with E-state index in [1.807, 2.05) is 22.3 Å². The molecule has 0 saturated carbocycles. The van der Waals surface area contributed by atoms with Gasteiger partial charge in [-0.05, 0) is 6.92 Å². The average molecular weight is 347 g/mol. The number of hydrogen-bond donors (Lipinski definition) is 0.